The average Bonchev–Trinajstić information content (AvgIpc) is 3.19. The molecule has 2 aromatic heterocycles. The van der Waals surface area contributed by atoms with Crippen LogP contribution in [0.25, 0.3) is 15.9 Å². The number of fused-ring (bicyclic) bond motifs is 1. The largest absolute Gasteiger partial charge is 0.506 e. The van der Waals surface area contributed by atoms with Crippen LogP contribution in [-0.2, 0) is 11.2 Å². The van der Waals surface area contributed by atoms with Crippen molar-refractivity contribution in [3.8, 4) is 11.4 Å². The highest BCUT2D eigenvalue weighted by Gasteiger charge is 2.17. The highest BCUT2D eigenvalue weighted by Crippen LogP contribution is 2.29. The van der Waals surface area contributed by atoms with Crippen molar-refractivity contribution in [2.45, 2.75) is 18.5 Å². The number of nitrogens with zero attached hydrogens (tertiary/aromatic N) is 2. The van der Waals surface area contributed by atoms with Crippen molar-refractivity contribution in [1.29, 1.82) is 0 Å². The summed E-state index contributed by atoms with van der Waals surface area (Å²) in [5, 5.41) is 13.9. The number of anilines is 1. The third-order valence-corrected chi connectivity index (χ3v) is 6.86. The van der Waals surface area contributed by atoms with Crippen LogP contribution in [0.2, 0.25) is 5.02 Å². The summed E-state index contributed by atoms with van der Waals surface area (Å²) >= 11 is 8.58. The Labute approximate surface area is 191 Å². The zero-order valence-electron chi connectivity index (χ0n) is 16.5. The highest BCUT2D eigenvalue weighted by atomic mass is 35.5. The predicted molar refractivity (Wildman–Crippen MR) is 127 cm³/mol. The molecule has 31 heavy (non-hydrogen) atoms. The lowest BCUT2D eigenvalue weighted by Gasteiger charge is -2.12. The lowest BCUT2D eigenvalue weighted by atomic mass is 10.3. The SMILES string of the molecule is CCc1cc2c(=O)n(-c3ccccc3)c(SCC(=O)Nc3cc(Cl)ccc3O)nc2s1. The number of carbonyl (C=O) groups is 1. The van der Waals surface area contributed by atoms with Crippen LogP contribution in [-0.4, -0.2) is 26.3 Å². The van der Waals surface area contributed by atoms with Gasteiger partial charge in [0, 0.05) is 9.90 Å². The molecule has 0 spiro atoms. The fourth-order valence-corrected chi connectivity index (χ4v) is 5.01. The van der Waals surface area contributed by atoms with Crippen molar-refractivity contribution in [2.24, 2.45) is 0 Å². The van der Waals surface area contributed by atoms with E-state index in [0.717, 1.165) is 23.1 Å². The van der Waals surface area contributed by atoms with Crippen LogP contribution in [0.4, 0.5) is 5.69 Å². The molecule has 0 atom stereocenters. The standard InChI is InChI=1S/C22H18ClN3O3S2/c1-2-15-11-16-20(31-15)25-22(26(21(16)29)14-6-4-3-5-7-14)30-12-19(28)24-17-10-13(23)8-9-18(17)27/h3-11,27H,2,12H2,1H3,(H,24,28). The molecule has 0 radical (unpaired) electrons. The van der Waals surface area contributed by atoms with Gasteiger partial charge in [-0.2, -0.15) is 0 Å². The van der Waals surface area contributed by atoms with Gasteiger partial charge in [-0.05, 0) is 42.8 Å². The Bertz CT molecular complexity index is 1320. The van der Waals surface area contributed by atoms with Crippen molar-refractivity contribution in [3.05, 3.63) is 74.9 Å². The van der Waals surface area contributed by atoms with Crippen molar-refractivity contribution < 1.29 is 9.90 Å². The number of hydrogen-bond donors (Lipinski definition) is 2. The molecule has 0 saturated heterocycles. The first kappa shape index (κ1) is 21.4. The maximum Gasteiger partial charge on any atom is 0.267 e. The van der Waals surface area contributed by atoms with E-state index in [1.165, 1.54) is 34.1 Å². The van der Waals surface area contributed by atoms with Gasteiger partial charge in [0.25, 0.3) is 5.56 Å². The molecule has 9 heteroatoms. The number of aromatic hydroxyl groups is 1. The number of phenolic OH excluding ortho intramolecular Hbond substituents is 1. The molecule has 0 aliphatic carbocycles. The summed E-state index contributed by atoms with van der Waals surface area (Å²) in [6, 6.07) is 15.5. The normalized spacial score (nSPS) is 11.0. The molecule has 0 saturated carbocycles. The van der Waals surface area contributed by atoms with Gasteiger partial charge >= 0.3 is 0 Å². The molecule has 0 aliphatic rings. The predicted octanol–water partition coefficient (Wildman–Crippen LogP) is 5.10. The summed E-state index contributed by atoms with van der Waals surface area (Å²) in [7, 11) is 0. The first-order chi connectivity index (χ1) is 15.0. The summed E-state index contributed by atoms with van der Waals surface area (Å²) < 4.78 is 1.53. The third-order valence-electron chi connectivity index (χ3n) is 4.51. The summed E-state index contributed by atoms with van der Waals surface area (Å²) in [6.45, 7) is 2.03. The quantitative estimate of drug-likeness (QED) is 0.232. The third kappa shape index (κ3) is 4.61. The van der Waals surface area contributed by atoms with Gasteiger partial charge < -0.3 is 10.4 Å². The Kier molecular flexibility index (Phi) is 6.31. The number of carbonyl (C=O) groups excluding carboxylic acids is 1. The molecule has 2 N–H and O–H groups in total. The van der Waals surface area contributed by atoms with Gasteiger partial charge in [-0.1, -0.05) is 48.5 Å². The number of halogens is 1. The van der Waals surface area contributed by atoms with Gasteiger partial charge in [-0.15, -0.1) is 11.3 Å². The number of thioether (sulfide) groups is 1. The molecule has 0 unspecified atom stereocenters. The lowest BCUT2D eigenvalue weighted by Crippen LogP contribution is -2.22. The molecule has 4 aromatic rings. The summed E-state index contributed by atoms with van der Waals surface area (Å²) in [5.74, 6) is -0.422. The molecule has 2 aromatic carbocycles. The van der Waals surface area contributed by atoms with Gasteiger partial charge in [0.15, 0.2) is 5.16 Å². The number of amides is 1. The van der Waals surface area contributed by atoms with E-state index in [0.29, 0.717) is 26.1 Å². The fraction of sp³-hybridized carbons (Fsp3) is 0.136. The monoisotopic (exact) mass is 471 g/mol. The molecule has 6 nitrogen and oxygen atoms in total. The zero-order valence-corrected chi connectivity index (χ0v) is 18.9. The second kappa shape index (κ2) is 9.13. The van der Waals surface area contributed by atoms with Crippen LogP contribution in [0.1, 0.15) is 11.8 Å². The van der Waals surface area contributed by atoms with E-state index in [2.05, 4.69) is 10.3 Å². The molecule has 0 bridgehead atoms. The first-order valence-electron chi connectivity index (χ1n) is 9.48. The number of hydrogen-bond acceptors (Lipinski definition) is 6. The fourth-order valence-electron chi connectivity index (χ4n) is 3.01. The van der Waals surface area contributed by atoms with Crippen LogP contribution in [0.3, 0.4) is 0 Å². The minimum atomic E-state index is -0.350. The number of aryl methyl sites for hydroxylation is 1. The molecule has 0 aliphatic heterocycles. The molecular formula is C22H18ClN3O3S2. The maximum absolute atomic E-state index is 13.3. The van der Waals surface area contributed by atoms with Crippen LogP contribution in [0.5, 0.6) is 5.75 Å². The minimum absolute atomic E-state index is 0.00272. The van der Waals surface area contributed by atoms with Crippen molar-refractivity contribution >= 4 is 56.5 Å². The highest BCUT2D eigenvalue weighted by molar-refractivity contribution is 7.99. The average molecular weight is 472 g/mol. The summed E-state index contributed by atoms with van der Waals surface area (Å²) in [5.41, 5.74) is 0.747. The van der Waals surface area contributed by atoms with E-state index in [-0.39, 0.29) is 28.7 Å². The second-order valence-corrected chi connectivity index (χ2v) is 9.15. The van der Waals surface area contributed by atoms with Crippen LogP contribution in [0, 0.1) is 0 Å². The number of thiophene rings is 1. The Morgan fingerprint density at radius 3 is 2.74 bits per heavy atom. The number of rotatable bonds is 6. The smallest absolute Gasteiger partial charge is 0.267 e. The first-order valence-corrected chi connectivity index (χ1v) is 11.7. The molecule has 4 rings (SSSR count). The van der Waals surface area contributed by atoms with Gasteiger partial charge in [-0.3, -0.25) is 14.2 Å². The summed E-state index contributed by atoms with van der Waals surface area (Å²) in [6.07, 6.45) is 0.819. The molecule has 158 valence electrons. The van der Waals surface area contributed by atoms with Crippen LogP contribution in [0.15, 0.2) is 64.5 Å². The zero-order chi connectivity index (χ0) is 22.0. The van der Waals surface area contributed by atoms with Gasteiger partial charge in [0.2, 0.25) is 5.91 Å². The number of benzene rings is 2. The van der Waals surface area contributed by atoms with Crippen LogP contribution >= 0.6 is 34.7 Å². The second-order valence-electron chi connectivity index (χ2n) is 6.65. The Balaban J connectivity index is 1.67. The van der Waals surface area contributed by atoms with E-state index >= 15 is 0 Å². The van der Waals surface area contributed by atoms with E-state index in [1.54, 1.807) is 0 Å². The van der Waals surface area contributed by atoms with Crippen LogP contribution < -0.4 is 10.9 Å². The van der Waals surface area contributed by atoms with Gasteiger partial charge in [0.1, 0.15) is 10.6 Å². The number of para-hydroxylation sites is 1. The topological polar surface area (TPSA) is 84.2 Å². The lowest BCUT2D eigenvalue weighted by molar-refractivity contribution is -0.113. The Hall–Kier alpha value is -2.81. The minimum Gasteiger partial charge on any atom is -0.506 e. The molecule has 1 amide bonds. The van der Waals surface area contributed by atoms with E-state index in [4.69, 9.17) is 11.6 Å². The van der Waals surface area contributed by atoms with Gasteiger partial charge in [0.05, 0.1) is 22.5 Å². The van der Waals surface area contributed by atoms with Crippen molar-refractivity contribution in [3.63, 3.8) is 0 Å². The van der Waals surface area contributed by atoms with E-state index in [9.17, 15) is 14.7 Å². The maximum atomic E-state index is 13.3. The van der Waals surface area contributed by atoms with Gasteiger partial charge in [-0.25, -0.2) is 4.98 Å². The van der Waals surface area contributed by atoms with Crippen molar-refractivity contribution in [1.82, 2.24) is 9.55 Å². The number of phenols is 1. The van der Waals surface area contributed by atoms with Crippen molar-refractivity contribution in [2.75, 3.05) is 11.1 Å². The van der Waals surface area contributed by atoms with E-state index < -0.39 is 0 Å². The summed E-state index contributed by atoms with van der Waals surface area (Å²) in [4.78, 5) is 32.2. The molecule has 0 fully saturated rings. The number of aromatic nitrogens is 2. The molecule has 2 heterocycles. The Morgan fingerprint density at radius 2 is 2.00 bits per heavy atom. The number of nitrogens with one attached hydrogen (secondary N) is 1. The molecular weight excluding hydrogens is 454 g/mol. The Morgan fingerprint density at radius 1 is 1.23 bits per heavy atom. The van der Waals surface area contributed by atoms with E-state index in [1.807, 2.05) is 43.3 Å².